The van der Waals surface area contributed by atoms with Crippen LogP contribution in [0.25, 0.3) is 0 Å². The molecule has 164 valence electrons. The molecule has 0 saturated carbocycles. The Balaban J connectivity index is 1.36. The summed E-state index contributed by atoms with van der Waals surface area (Å²) in [5.41, 5.74) is 0.954. The van der Waals surface area contributed by atoms with E-state index in [0.29, 0.717) is 49.7 Å². The van der Waals surface area contributed by atoms with E-state index in [9.17, 15) is 14.0 Å². The quantitative estimate of drug-likeness (QED) is 0.289. The topological polar surface area (TPSA) is 74.2 Å². The third-order valence-electron chi connectivity index (χ3n) is 5.06. The number of fused-ring (bicyclic) bond motifs is 1. The van der Waals surface area contributed by atoms with E-state index in [-0.39, 0.29) is 23.4 Å². The molecule has 0 radical (unpaired) electrons. The average Bonchev–Trinajstić information content (AvgIpc) is 3.02. The Morgan fingerprint density at radius 1 is 1.06 bits per heavy atom. The van der Waals surface area contributed by atoms with Crippen molar-refractivity contribution in [1.82, 2.24) is 15.1 Å². The molecule has 1 aliphatic heterocycles. The Kier molecular flexibility index (Phi) is 7.59. The normalized spacial score (nSPS) is 13.4. The molecular weight excluding hydrogens is 399 g/mol. The van der Waals surface area contributed by atoms with Crippen molar-refractivity contribution in [3.05, 3.63) is 65.5 Å². The molecule has 2 aromatic carbocycles. The summed E-state index contributed by atoms with van der Waals surface area (Å²) in [5.74, 6) is 0.0912. The number of hydrogen-bond donors (Lipinski definition) is 1. The number of benzene rings is 2. The number of hydrogen-bond acceptors (Lipinski definition) is 4. The molecule has 7 nitrogen and oxygen atoms in total. The number of unbranched alkanes of at least 4 members (excludes halogenated alkanes) is 1. The maximum absolute atomic E-state index is 13.6. The Hall–Kier alpha value is -3.42. The molecule has 0 saturated heterocycles. The lowest BCUT2D eigenvalue weighted by Crippen LogP contribution is -2.41. The molecule has 0 unspecified atom stereocenters. The highest BCUT2D eigenvalue weighted by Gasteiger charge is 2.34. The smallest absolute Gasteiger partial charge is 0.261 e. The van der Waals surface area contributed by atoms with Crippen LogP contribution in [0.3, 0.4) is 0 Å². The second-order valence-electron chi connectivity index (χ2n) is 7.19. The van der Waals surface area contributed by atoms with Crippen LogP contribution in [0.4, 0.5) is 4.39 Å². The number of guanidine groups is 1. The summed E-state index contributed by atoms with van der Waals surface area (Å²) in [7, 11) is 3.56. The summed E-state index contributed by atoms with van der Waals surface area (Å²) >= 11 is 0. The minimum absolute atomic E-state index is 0.223. The Labute approximate surface area is 181 Å². The summed E-state index contributed by atoms with van der Waals surface area (Å²) in [6.45, 7) is 1.88. The molecule has 0 atom stereocenters. The Morgan fingerprint density at radius 2 is 1.71 bits per heavy atom. The maximum Gasteiger partial charge on any atom is 0.261 e. The number of ether oxygens (including phenoxy) is 1. The zero-order valence-electron chi connectivity index (χ0n) is 17.8. The van der Waals surface area contributed by atoms with Crippen LogP contribution < -0.4 is 10.1 Å². The van der Waals surface area contributed by atoms with Crippen LogP contribution in [0.15, 0.2) is 53.5 Å². The molecule has 3 rings (SSSR count). The lowest BCUT2D eigenvalue weighted by Gasteiger charge is -2.22. The van der Waals surface area contributed by atoms with Crippen LogP contribution in [0.5, 0.6) is 5.75 Å². The number of nitrogens with one attached hydrogen (secondary N) is 1. The number of likely N-dealkylation sites (N-methyl/N-ethyl adjacent to an activating group) is 1. The predicted octanol–water partition coefficient (Wildman–Crippen LogP) is 2.79. The van der Waals surface area contributed by atoms with E-state index in [0.717, 1.165) is 6.42 Å². The van der Waals surface area contributed by atoms with Gasteiger partial charge in [-0.2, -0.15) is 0 Å². The molecule has 0 bridgehead atoms. The Morgan fingerprint density at radius 3 is 2.35 bits per heavy atom. The molecule has 0 fully saturated rings. The first kappa shape index (κ1) is 22.3. The molecular formula is C23H27FN4O3. The van der Waals surface area contributed by atoms with Crippen LogP contribution >= 0.6 is 0 Å². The molecule has 0 spiro atoms. The van der Waals surface area contributed by atoms with Crippen molar-refractivity contribution in [2.45, 2.75) is 12.8 Å². The standard InChI is InChI=1S/C23H27FN4O3/c1-25-23(27(2)15-16-31-20-12-6-5-11-19(20)24)26-13-7-8-14-28-21(29)17-9-3-4-10-18(17)22(28)30/h3-6,9-12H,7-8,13-16H2,1-2H3,(H,25,26). The fourth-order valence-corrected chi connectivity index (χ4v) is 3.38. The molecule has 8 heteroatoms. The maximum atomic E-state index is 13.6. The first-order chi connectivity index (χ1) is 15.0. The van der Waals surface area contributed by atoms with Crippen LogP contribution in [-0.4, -0.2) is 67.9 Å². The van der Waals surface area contributed by atoms with Gasteiger partial charge in [-0.3, -0.25) is 19.5 Å². The van der Waals surface area contributed by atoms with Crippen LogP contribution in [-0.2, 0) is 0 Å². The molecule has 2 aromatic rings. The van der Waals surface area contributed by atoms with E-state index in [1.54, 1.807) is 49.5 Å². The van der Waals surface area contributed by atoms with Crippen molar-refractivity contribution in [2.24, 2.45) is 4.99 Å². The van der Waals surface area contributed by atoms with Crippen molar-refractivity contribution >= 4 is 17.8 Å². The van der Waals surface area contributed by atoms with E-state index < -0.39 is 0 Å². The largest absolute Gasteiger partial charge is 0.489 e. The highest BCUT2D eigenvalue weighted by Crippen LogP contribution is 2.22. The van der Waals surface area contributed by atoms with Gasteiger partial charge in [0.1, 0.15) is 6.61 Å². The van der Waals surface area contributed by atoms with Crippen LogP contribution in [0, 0.1) is 5.82 Å². The van der Waals surface area contributed by atoms with Crippen molar-refractivity contribution in [1.29, 1.82) is 0 Å². The molecule has 1 heterocycles. The summed E-state index contributed by atoms with van der Waals surface area (Å²) < 4.78 is 19.1. The van der Waals surface area contributed by atoms with Crippen molar-refractivity contribution < 1.29 is 18.7 Å². The van der Waals surface area contributed by atoms with Crippen LogP contribution in [0.2, 0.25) is 0 Å². The molecule has 0 aliphatic carbocycles. The van der Waals surface area contributed by atoms with Gasteiger partial charge in [0.05, 0.1) is 17.7 Å². The van der Waals surface area contributed by atoms with Gasteiger partial charge >= 0.3 is 0 Å². The zero-order chi connectivity index (χ0) is 22.2. The van der Waals surface area contributed by atoms with Gasteiger partial charge in [-0.1, -0.05) is 24.3 Å². The van der Waals surface area contributed by atoms with Gasteiger partial charge in [0.25, 0.3) is 11.8 Å². The first-order valence-electron chi connectivity index (χ1n) is 10.3. The summed E-state index contributed by atoms with van der Waals surface area (Å²) in [6, 6.07) is 13.2. The average molecular weight is 426 g/mol. The van der Waals surface area contributed by atoms with Gasteiger partial charge in [-0.05, 0) is 37.1 Å². The van der Waals surface area contributed by atoms with Gasteiger partial charge in [0.15, 0.2) is 17.5 Å². The lowest BCUT2D eigenvalue weighted by molar-refractivity contribution is 0.0652. The van der Waals surface area contributed by atoms with E-state index in [4.69, 9.17) is 4.74 Å². The number of rotatable bonds is 9. The first-order valence-corrected chi connectivity index (χ1v) is 10.3. The van der Waals surface area contributed by atoms with Crippen molar-refractivity contribution in [3.8, 4) is 5.75 Å². The minimum Gasteiger partial charge on any atom is -0.489 e. The number of carbonyl (C=O) groups excluding carboxylic acids is 2. The summed E-state index contributed by atoms with van der Waals surface area (Å²) in [4.78, 5) is 32.2. The van der Waals surface area contributed by atoms with Gasteiger partial charge in [0.2, 0.25) is 0 Å². The molecule has 1 aliphatic rings. The van der Waals surface area contributed by atoms with Crippen LogP contribution in [0.1, 0.15) is 33.6 Å². The monoisotopic (exact) mass is 426 g/mol. The number of imide groups is 1. The summed E-state index contributed by atoms with van der Waals surface area (Å²) in [6.07, 6.45) is 1.46. The second kappa shape index (κ2) is 10.6. The van der Waals surface area contributed by atoms with E-state index in [2.05, 4.69) is 10.3 Å². The molecule has 0 aromatic heterocycles. The third kappa shape index (κ3) is 5.39. The highest BCUT2D eigenvalue weighted by atomic mass is 19.1. The van der Waals surface area contributed by atoms with Gasteiger partial charge in [-0.15, -0.1) is 0 Å². The number of nitrogens with zero attached hydrogens (tertiary/aromatic N) is 3. The Bertz CT molecular complexity index is 928. The van der Waals surface area contributed by atoms with Crippen molar-refractivity contribution in [3.63, 3.8) is 0 Å². The lowest BCUT2D eigenvalue weighted by atomic mass is 10.1. The van der Waals surface area contributed by atoms with Crippen molar-refractivity contribution in [2.75, 3.05) is 40.3 Å². The van der Waals surface area contributed by atoms with E-state index >= 15 is 0 Å². The predicted molar refractivity (Wildman–Crippen MR) is 117 cm³/mol. The number of carbonyl (C=O) groups is 2. The molecule has 31 heavy (non-hydrogen) atoms. The number of halogens is 1. The van der Waals surface area contributed by atoms with Gasteiger partial charge < -0.3 is 15.0 Å². The van der Waals surface area contributed by atoms with E-state index in [1.807, 2.05) is 11.9 Å². The fourth-order valence-electron chi connectivity index (χ4n) is 3.38. The number of para-hydroxylation sites is 1. The third-order valence-corrected chi connectivity index (χ3v) is 5.06. The van der Waals surface area contributed by atoms with Gasteiger partial charge in [0, 0.05) is 27.2 Å². The minimum atomic E-state index is -0.384. The number of amides is 2. The highest BCUT2D eigenvalue weighted by molar-refractivity contribution is 6.21. The summed E-state index contributed by atoms with van der Waals surface area (Å²) in [5, 5.41) is 3.25. The molecule has 2 amide bonds. The molecule has 1 N–H and O–H groups in total. The fraction of sp³-hybridized carbons (Fsp3) is 0.348. The van der Waals surface area contributed by atoms with Gasteiger partial charge in [-0.25, -0.2) is 4.39 Å². The zero-order valence-corrected chi connectivity index (χ0v) is 17.8. The van der Waals surface area contributed by atoms with E-state index in [1.165, 1.54) is 11.0 Å². The number of aliphatic imine (C=N–C) groups is 1. The second-order valence-corrected chi connectivity index (χ2v) is 7.19. The SMILES string of the molecule is CN=C(NCCCCN1C(=O)c2ccccc2C1=O)N(C)CCOc1ccccc1F.